The van der Waals surface area contributed by atoms with Crippen molar-refractivity contribution in [3.8, 4) is 11.3 Å². The van der Waals surface area contributed by atoms with Gasteiger partial charge in [0, 0.05) is 31.8 Å². The Kier molecular flexibility index (Phi) is 4.22. The number of hydrogen-bond donors (Lipinski definition) is 2. The van der Waals surface area contributed by atoms with Crippen LogP contribution in [0.25, 0.3) is 11.3 Å². The minimum Gasteiger partial charge on any atom is -0.378 e. The molecule has 1 saturated heterocycles. The third-order valence-electron chi connectivity index (χ3n) is 3.86. The molecule has 0 saturated carbocycles. The van der Waals surface area contributed by atoms with Gasteiger partial charge in [-0.2, -0.15) is 0 Å². The highest BCUT2D eigenvalue weighted by Crippen LogP contribution is 2.19. The van der Waals surface area contributed by atoms with Gasteiger partial charge in [0.05, 0.1) is 12.1 Å². The van der Waals surface area contributed by atoms with E-state index in [-0.39, 0.29) is 23.8 Å². The molecule has 6 heteroatoms. The lowest BCUT2D eigenvalue weighted by Gasteiger charge is -2.17. The zero-order valence-electron chi connectivity index (χ0n) is 12.6. The molecular weight excluding hydrogens is 282 g/mol. The predicted octanol–water partition coefficient (Wildman–Crippen LogP) is 1.37. The topological polar surface area (TPSA) is 76.4 Å². The number of ether oxygens (including phenoxy) is 1. The lowest BCUT2D eigenvalue weighted by atomic mass is 10.1. The van der Waals surface area contributed by atoms with E-state index < -0.39 is 0 Å². The summed E-state index contributed by atoms with van der Waals surface area (Å²) in [7, 11) is 1.64. The molecule has 0 radical (unpaired) electrons. The number of aromatic nitrogens is 1. The summed E-state index contributed by atoms with van der Waals surface area (Å²) in [6, 6.07) is 9.50. The number of carbonyl (C=O) groups excluding carboxylic acids is 1. The normalized spacial score (nSPS) is 21.0. The zero-order chi connectivity index (χ0) is 15.5. The van der Waals surface area contributed by atoms with Crippen LogP contribution in [0, 0.1) is 6.92 Å². The standard InChI is InChI=1S/C16H19N3O3/c1-10-3-5-11(6-4-10)12-7-14(22-19-12)16(20)18-13-8-17-9-15(13)21-2/h3-7,13,15,17H,8-9H2,1-2H3,(H,18,20)/t13-,15-/m0/s1. The van der Waals surface area contributed by atoms with E-state index in [1.54, 1.807) is 13.2 Å². The molecule has 1 aliphatic heterocycles. The van der Waals surface area contributed by atoms with E-state index in [1.165, 1.54) is 5.56 Å². The predicted molar refractivity (Wildman–Crippen MR) is 81.6 cm³/mol. The van der Waals surface area contributed by atoms with Gasteiger partial charge >= 0.3 is 0 Å². The Hall–Kier alpha value is -2.18. The number of methoxy groups -OCH3 is 1. The summed E-state index contributed by atoms with van der Waals surface area (Å²) in [4.78, 5) is 12.2. The smallest absolute Gasteiger partial charge is 0.290 e. The number of nitrogens with zero attached hydrogens (tertiary/aromatic N) is 1. The van der Waals surface area contributed by atoms with Gasteiger partial charge in [-0.15, -0.1) is 0 Å². The van der Waals surface area contributed by atoms with Crippen molar-refractivity contribution in [1.29, 1.82) is 0 Å². The first-order chi connectivity index (χ1) is 10.7. The minimum atomic E-state index is -0.276. The number of aryl methyl sites for hydroxylation is 1. The van der Waals surface area contributed by atoms with E-state index in [2.05, 4.69) is 15.8 Å². The summed E-state index contributed by atoms with van der Waals surface area (Å²) in [6.45, 7) is 3.43. The van der Waals surface area contributed by atoms with Gasteiger partial charge in [0.15, 0.2) is 0 Å². The van der Waals surface area contributed by atoms with E-state index in [0.717, 1.165) is 12.1 Å². The fourth-order valence-corrected chi connectivity index (χ4v) is 2.53. The van der Waals surface area contributed by atoms with Crippen LogP contribution >= 0.6 is 0 Å². The van der Waals surface area contributed by atoms with Crippen molar-refractivity contribution in [2.24, 2.45) is 0 Å². The van der Waals surface area contributed by atoms with E-state index in [1.807, 2.05) is 31.2 Å². The second-order valence-corrected chi connectivity index (χ2v) is 5.45. The second kappa shape index (κ2) is 6.29. The van der Waals surface area contributed by atoms with Crippen molar-refractivity contribution in [3.63, 3.8) is 0 Å². The number of nitrogens with one attached hydrogen (secondary N) is 2. The third-order valence-corrected chi connectivity index (χ3v) is 3.86. The molecule has 22 heavy (non-hydrogen) atoms. The summed E-state index contributed by atoms with van der Waals surface area (Å²) in [5.41, 5.74) is 2.74. The molecule has 2 N–H and O–H groups in total. The molecule has 0 spiro atoms. The van der Waals surface area contributed by atoms with E-state index in [0.29, 0.717) is 12.2 Å². The SMILES string of the molecule is CO[C@H]1CNC[C@@H]1NC(=O)c1cc(-c2ccc(C)cc2)no1. The van der Waals surface area contributed by atoms with E-state index in [4.69, 9.17) is 9.26 Å². The number of carbonyl (C=O) groups is 1. The van der Waals surface area contributed by atoms with Crippen LogP contribution in [0.3, 0.4) is 0 Å². The van der Waals surface area contributed by atoms with Crippen LogP contribution in [-0.4, -0.2) is 43.4 Å². The number of amides is 1. The molecule has 1 aromatic heterocycles. The highest BCUT2D eigenvalue weighted by Gasteiger charge is 2.29. The van der Waals surface area contributed by atoms with Crippen LogP contribution in [0.2, 0.25) is 0 Å². The van der Waals surface area contributed by atoms with Crippen LogP contribution in [0.1, 0.15) is 16.1 Å². The van der Waals surface area contributed by atoms with Gasteiger partial charge in [0.2, 0.25) is 5.76 Å². The highest BCUT2D eigenvalue weighted by atomic mass is 16.5. The van der Waals surface area contributed by atoms with Gasteiger partial charge in [-0.1, -0.05) is 35.0 Å². The van der Waals surface area contributed by atoms with Crippen molar-refractivity contribution in [2.45, 2.75) is 19.1 Å². The summed E-state index contributed by atoms with van der Waals surface area (Å²) in [6.07, 6.45) is -0.0246. The Morgan fingerprint density at radius 3 is 2.86 bits per heavy atom. The quantitative estimate of drug-likeness (QED) is 0.892. The molecule has 1 fully saturated rings. The van der Waals surface area contributed by atoms with Crippen LogP contribution in [-0.2, 0) is 4.74 Å². The van der Waals surface area contributed by atoms with Gasteiger partial charge in [-0.3, -0.25) is 4.79 Å². The molecule has 1 amide bonds. The molecule has 0 unspecified atom stereocenters. The Morgan fingerprint density at radius 1 is 1.36 bits per heavy atom. The first-order valence-corrected chi connectivity index (χ1v) is 7.25. The number of benzene rings is 1. The van der Waals surface area contributed by atoms with Crippen molar-refractivity contribution in [3.05, 3.63) is 41.7 Å². The molecule has 2 aromatic rings. The molecule has 6 nitrogen and oxygen atoms in total. The van der Waals surface area contributed by atoms with Crippen molar-refractivity contribution in [2.75, 3.05) is 20.2 Å². The molecule has 3 rings (SSSR count). The zero-order valence-corrected chi connectivity index (χ0v) is 12.6. The summed E-state index contributed by atoms with van der Waals surface area (Å²) in [5.74, 6) is -0.0704. The molecule has 116 valence electrons. The van der Waals surface area contributed by atoms with Crippen LogP contribution in [0.4, 0.5) is 0 Å². The fourth-order valence-electron chi connectivity index (χ4n) is 2.53. The van der Waals surface area contributed by atoms with Gasteiger partial charge in [-0.05, 0) is 6.92 Å². The second-order valence-electron chi connectivity index (χ2n) is 5.45. The van der Waals surface area contributed by atoms with Gasteiger partial charge in [-0.25, -0.2) is 0 Å². The Morgan fingerprint density at radius 2 is 2.14 bits per heavy atom. The fraction of sp³-hybridized carbons (Fsp3) is 0.375. The minimum absolute atomic E-state index is 0.0246. The van der Waals surface area contributed by atoms with Gasteiger partial charge in [0.25, 0.3) is 5.91 Å². The van der Waals surface area contributed by atoms with Crippen molar-refractivity contribution < 1.29 is 14.1 Å². The van der Waals surface area contributed by atoms with Gasteiger partial charge in [0.1, 0.15) is 5.69 Å². The largest absolute Gasteiger partial charge is 0.378 e. The summed E-state index contributed by atoms with van der Waals surface area (Å²) < 4.78 is 10.5. The number of hydrogen-bond acceptors (Lipinski definition) is 5. The first-order valence-electron chi connectivity index (χ1n) is 7.25. The molecule has 0 bridgehead atoms. The lowest BCUT2D eigenvalue weighted by molar-refractivity contribution is 0.0754. The number of rotatable bonds is 4. The van der Waals surface area contributed by atoms with Gasteiger partial charge < -0.3 is 19.9 Å². The molecule has 1 aromatic carbocycles. The van der Waals surface area contributed by atoms with E-state index in [9.17, 15) is 4.79 Å². The Balaban J connectivity index is 1.70. The van der Waals surface area contributed by atoms with Crippen molar-refractivity contribution >= 4 is 5.91 Å². The maximum Gasteiger partial charge on any atom is 0.290 e. The highest BCUT2D eigenvalue weighted by molar-refractivity contribution is 5.92. The van der Waals surface area contributed by atoms with E-state index >= 15 is 0 Å². The van der Waals surface area contributed by atoms with Crippen LogP contribution in [0.15, 0.2) is 34.9 Å². The maximum atomic E-state index is 12.2. The molecular formula is C16H19N3O3. The average molecular weight is 301 g/mol. The van der Waals surface area contributed by atoms with Crippen molar-refractivity contribution in [1.82, 2.24) is 15.8 Å². The lowest BCUT2D eigenvalue weighted by Crippen LogP contribution is -2.43. The molecule has 1 aliphatic rings. The monoisotopic (exact) mass is 301 g/mol. The first kappa shape index (κ1) is 14.7. The third kappa shape index (κ3) is 3.03. The summed E-state index contributed by atoms with van der Waals surface area (Å²) in [5, 5.41) is 10.1. The van der Waals surface area contributed by atoms with Crippen LogP contribution in [0.5, 0.6) is 0 Å². The maximum absolute atomic E-state index is 12.2. The molecule has 2 heterocycles. The Bertz CT molecular complexity index is 651. The molecule has 2 atom stereocenters. The average Bonchev–Trinajstić information content (AvgIpc) is 3.16. The summed E-state index contributed by atoms with van der Waals surface area (Å²) >= 11 is 0. The Labute approximate surface area is 128 Å². The molecule has 0 aliphatic carbocycles. The van der Waals surface area contributed by atoms with Crippen LogP contribution < -0.4 is 10.6 Å².